The van der Waals surface area contributed by atoms with Crippen LogP contribution in [0.1, 0.15) is 56.6 Å². The largest absolute Gasteiger partial charge is 0.489 e. The molecule has 0 amide bonds. The van der Waals surface area contributed by atoms with Gasteiger partial charge in [-0.3, -0.25) is 4.79 Å². The van der Waals surface area contributed by atoms with Crippen molar-refractivity contribution < 1.29 is 4.74 Å². The maximum atomic E-state index is 12.0. The SMILES string of the molecule is N[C@H](c1ccccc1)[C@]1(CC2CC2)CC[C@@H](Oc2cc3cc[nH]c(=O)c3cc2Cl)CC1. The van der Waals surface area contributed by atoms with Gasteiger partial charge < -0.3 is 15.5 Å². The van der Waals surface area contributed by atoms with Crippen LogP contribution in [0.3, 0.4) is 0 Å². The van der Waals surface area contributed by atoms with Crippen LogP contribution in [0, 0.1) is 11.3 Å². The molecular formula is C26H29ClN2O2. The van der Waals surface area contributed by atoms with Crippen LogP contribution in [0.2, 0.25) is 5.02 Å². The number of nitrogens with one attached hydrogen (secondary N) is 1. The summed E-state index contributed by atoms with van der Waals surface area (Å²) in [6.45, 7) is 0. The third-order valence-electron chi connectivity index (χ3n) is 7.26. The van der Waals surface area contributed by atoms with Crippen molar-refractivity contribution in [1.82, 2.24) is 4.98 Å². The maximum Gasteiger partial charge on any atom is 0.255 e. The molecule has 0 aliphatic heterocycles. The Morgan fingerprint density at radius 1 is 1.10 bits per heavy atom. The molecule has 0 spiro atoms. The highest BCUT2D eigenvalue weighted by Gasteiger charge is 2.44. The van der Waals surface area contributed by atoms with Gasteiger partial charge in [0.05, 0.1) is 11.1 Å². The summed E-state index contributed by atoms with van der Waals surface area (Å²) in [5, 5.41) is 1.91. The number of hydrogen-bond acceptors (Lipinski definition) is 3. The number of nitrogens with two attached hydrogens (primary N) is 1. The van der Waals surface area contributed by atoms with Gasteiger partial charge in [-0.25, -0.2) is 0 Å². The lowest BCUT2D eigenvalue weighted by atomic mass is 9.64. The zero-order chi connectivity index (χ0) is 21.4. The summed E-state index contributed by atoms with van der Waals surface area (Å²) in [7, 11) is 0. The molecule has 1 aromatic heterocycles. The van der Waals surface area contributed by atoms with Crippen LogP contribution in [0.5, 0.6) is 5.75 Å². The van der Waals surface area contributed by atoms with E-state index in [1.807, 2.05) is 12.1 Å². The predicted octanol–water partition coefficient (Wildman–Crippen LogP) is 5.99. The van der Waals surface area contributed by atoms with Gasteiger partial charge in [0.1, 0.15) is 5.75 Å². The number of rotatable bonds is 6. The molecule has 4 nitrogen and oxygen atoms in total. The van der Waals surface area contributed by atoms with Gasteiger partial charge in [0.2, 0.25) is 0 Å². The molecule has 2 aromatic carbocycles. The molecule has 0 unspecified atom stereocenters. The van der Waals surface area contributed by atoms with Crippen molar-refractivity contribution >= 4 is 22.4 Å². The quantitative estimate of drug-likeness (QED) is 0.498. The number of benzene rings is 2. The van der Waals surface area contributed by atoms with E-state index in [0.717, 1.165) is 37.0 Å². The normalized spacial score (nSPS) is 24.8. The van der Waals surface area contributed by atoms with E-state index in [1.54, 1.807) is 12.3 Å². The number of aromatic nitrogens is 1. The number of pyridine rings is 1. The second-order valence-corrected chi connectivity index (χ2v) is 9.80. The van der Waals surface area contributed by atoms with E-state index in [1.165, 1.54) is 24.8 Å². The van der Waals surface area contributed by atoms with Crippen LogP contribution < -0.4 is 16.0 Å². The lowest BCUT2D eigenvalue weighted by molar-refractivity contribution is 0.0499. The van der Waals surface area contributed by atoms with Gasteiger partial charge >= 0.3 is 0 Å². The standard InChI is InChI=1S/C26H29ClN2O2/c27-22-15-21-19(10-13-29-25(21)30)14-23(22)31-20-8-11-26(12-9-20,16-17-6-7-17)24(28)18-4-2-1-3-5-18/h1-5,10,13-15,17,20,24H,6-9,11-12,16,28H2,(H,29,30)/t20-,24-,26-/m1/s1. The van der Waals surface area contributed by atoms with Gasteiger partial charge in [-0.2, -0.15) is 0 Å². The fraction of sp³-hybridized carbons (Fsp3) is 0.423. The van der Waals surface area contributed by atoms with E-state index in [2.05, 4.69) is 35.3 Å². The Kier molecular flexibility index (Phi) is 5.53. The molecule has 2 aliphatic carbocycles. The molecule has 3 aromatic rings. The molecule has 2 fully saturated rings. The van der Waals surface area contributed by atoms with Crippen molar-refractivity contribution in [2.24, 2.45) is 17.1 Å². The molecule has 1 heterocycles. The smallest absolute Gasteiger partial charge is 0.255 e. The molecule has 0 radical (unpaired) electrons. The van der Waals surface area contributed by atoms with Crippen molar-refractivity contribution in [3.05, 3.63) is 75.7 Å². The summed E-state index contributed by atoms with van der Waals surface area (Å²) in [5.74, 6) is 1.49. The van der Waals surface area contributed by atoms with Crippen LogP contribution in [0.25, 0.3) is 10.8 Å². The Hall–Kier alpha value is -2.30. The third-order valence-corrected chi connectivity index (χ3v) is 7.55. The average molecular weight is 437 g/mol. The summed E-state index contributed by atoms with van der Waals surface area (Å²) in [6.07, 6.45) is 9.74. The number of fused-ring (bicyclic) bond motifs is 1. The molecule has 2 saturated carbocycles. The van der Waals surface area contributed by atoms with Gasteiger partial charge in [-0.1, -0.05) is 54.8 Å². The Labute approximate surface area is 187 Å². The molecule has 162 valence electrons. The van der Waals surface area contributed by atoms with Crippen molar-refractivity contribution in [2.75, 3.05) is 0 Å². The van der Waals surface area contributed by atoms with Crippen LogP contribution >= 0.6 is 11.6 Å². The van der Waals surface area contributed by atoms with Crippen molar-refractivity contribution in [3.8, 4) is 5.75 Å². The summed E-state index contributed by atoms with van der Waals surface area (Å²) >= 11 is 6.46. The monoisotopic (exact) mass is 436 g/mol. The van der Waals surface area contributed by atoms with Gasteiger partial charge in [0, 0.05) is 17.6 Å². The van der Waals surface area contributed by atoms with Crippen LogP contribution in [-0.2, 0) is 0 Å². The topological polar surface area (TPSA) is 68.1 Å². The van der Waals surface area contributed by atoms with E-state index in [-0.39, 0.29) is 23.1 Å². The first kappa shape index (κ1) is 20.6. The number of aromatic amines is 1. The number of H-pyrrole nitrogens is 1. The molecule has 5 heteroatoms. The lowest BCUT2D eigenvalue weighted by Gasteiger charge is -2.45. The van der Waals surface area contributed by atoms with E-state index in [0.29, 0.717) is 16.2 Å². The minimum Gasteiger partial charge on any atom is -0.489 e. The molecule has 31 heavy (non-hydrogen) atoms. The van der Waals surface area contributed by atoms with Gasteiger partial charge in [0.25, 0.3) is 5.56 Å². The van der Waals surface area contributed by atoms with Crippen molar-refractivity contribution in [2.45, 2.75) is 57.1 Å². The van der Waals surface area contributed by atoms with Crippen LogP contribution in [0.15, 0.2) is 59.5 Å². The van der Waals surface area contributed by atoms with E-state index < -0.39 is 0 Å². The zero-order valence-electron chi connectivity index (χ0n) is 17.6. The van der Waals surface area contributed by atoms with Gasteiger partial charge in [-0.15, -0.1) is 0 Å². The first-order valence-electron chi connectivity index (χ1n) is 11.3. The van der Waals surface area contributed by atoms with Crippen molar-refractivity contribution in [1.29, 1.82) is 0 Å². The minimum absolute atomic E-state index is 0.0613. The highest BCUT2D eigenvalue weighted by atomic mass is 35.5. The summed E-state index contributed by atoms with van der Waals surface area (Å²) < 4.78 is 6.35. The van der Waals surface area contributed by atoms with Gasteiger partial charge in [0.15, 0.2) is 0 Å². The Morgan fingerprint density at radius 3 is 2.55 bits per heavy atom. The summed E-state index contributed by atoms with van der Waals surface area (Å²) in [5.41, 5.74) is 8.13. The van der Waals surface area contributed by atoms with E-state index >= 15 is 0 Å². The molecular weight excluding hydrogens is 408 g/mol. The lowest BCUT2D eigenvalue weighted by Crippen LogP contribution is -2.41. The molecule has 3 N–H and O–H groups in total. The highest BCUT2D eigenvalue weighted by Crippen LogP contribution is 2.53. The first-order valence-corrected chi connectivity index (χ1v) is 11.7. The van der Waals surface area contributed by atoms with Gasteiger partial charge in [-0.05, 0) is 72.6 Å². The summed E-state index contributed by atoms with van der Waals surface area (Å²) in [4.78, 5) is 14.7. The minimum atomic E-state index is -0.136. The average Bonchev–Trinajstić information content (AvgIpc) is 3.60. The highest BCUT2D eigenvalue weighted by molar-refractivity contribution is 6.32. The second kappa shape index (κ2) is 8.33. The van der Waals surface area contributed by atoms with Crippen molar-refractivity contribution in [3.63, 3.8) is 0 Å². The van der Waals surface area contributed by atoms with E-state index in [9.17, 15) is 4.79 Å². The second-order valence-electron chi connectivity index (χ2n) is 9.39. The Morgan fingerprint density at radius 2 is 1.84 bits per heavy atom. The predicted molar refractivity (Wildman–Crippen MR) is 126 cm³/mol. The molecule has 5 rings (SSSR count). The zero-order valence-corrected chi connectivity index (χ0v) is 18.4. The molecule has 1 atom stereocenters. The van der Waals surface area contributed by atoms with E-state index in [4.69, 9.17) is 22.1 Å². The number of halogens is 1. The summed E-state index contributed by atoms with van der Waals surface area (Å²) in [6, 6.07) is 16.1. The third kappa shape index (κ3) is 4.24. The Balaban J connectivity index is 1.33. The maximum absolute atomic E-state index is 12.0. The fourth-order valence-corrected chi connectivity index (χ4v) is 5.50. The Bertz CT molecular complexity index is 1120. The molecule has 2 aliphatic rings. The number of hydrogen-bond donors (Lipinski definition) is 2. The molecule has 0 saturated heterocycles. The first-order chi connectivity index (χ1) is 15.0. The molecule has 0 bridgehead atoms. The number of ether oxygens (including phenoxy) is 1. The van der Waals surface area contributed by atoms with Crippen LogP contribution in [-0.4, -0.2) is 11.1 Å². The fourth-order valence-electron chi connectivity index (χ4n) is 5.30. The van der Waals surface area contributed by atoms with Crippen LogP contribution in [0.4, 0.5) is 0 Å².